The molecular weight excluding hydrogens is 332 g/mol. The van der Waals surface area contributed by atoms with Gasteiger partial charge in [-0.25, -0.2) is 0 Å². The van der Waals surface area contributed by atoms with Crippen LogP contribution in [0.15, 0.2) is 30.3 Å². The van der Waals surface area contributed by atoms with E-state index in [1.807, 2.05) is 19.0 Å². The van der Waals surface area contributed by atoms with Crippen LogP contribution in [0.25, 0.3) is 0 Å². The molecule has 0 amide bonds. The highest BCUT2D eigenvalue weighted by atomic mass is 16.5. The summed E-state index contributed by atoms with van der Waals surface area (Å²) in [6.07, 6.45) is 0.763. The predicted molar refractivity (Wildman–Crippen MR) is 98.0 cm³/mol. The first-order valence-electron chi connectivity index (χ1n) is 8.50. The Morgan fingerprint density at radius 2 is 1.69 bits per heavy atom. The molecule has 0 heterocycles. The van der Waals surface area contributed by atoms with Crippen molar-refractivity contribution in [2.24, 2.45) is 5.73 Å². The smallest absolute Gasteiger partial charge is 0.198 e. The van der Waals surface area contributed by atoms with Crippen LogP contribution in [0.1, 0.15) is 43.8 Å². The number of fused-ring (bicyclic) bond motifs is 2. The minimum atomic E-state index is -0.388. The number of ether oxygens (including phenoxy) is 1. The van der Waals surface area contributed by atoms with Gasteiger partial charge in [-0.3, -0.25) is 9.59 Å². The minimum Gasteiger partial charge on any atom is -0.507 e. The Morgan fingerprint density at radius 3 is 2.27 bits per heavy atom. The number of ketones is 2. The average molecular weight is 354 g/mol. The van der Waals surface area contributed by atoms with Gasteiger partial charge in [-0.05, 0) is 26.6 Å². The summed E-state index contributed by atoms with van der Waals surface area (Å²) in [5.74, 6) is -0.654. The summed E-state index contributed by atoms with van der Waals surface area (Å²) in [5, 5.41) is 10.5. The van der Waals surface area contributed by atoms with Gasteiger partial charge in [-0.15, -0.1) is 0 Å². The van der Waals surface area contributed by atoms with E-state index in [2.05, 4.69) is 0 Å². The van der Waals surface area contributed by atoms with Gasteiger partial charge in [0.15, 0.2) is 11.6 Å². The van der Waals surface area contributed by atoms with Crippen LogP contribution in [-0.4, -0.2) is 48.8 Å². The molecule has 26 heavy (non-hydrogen) atoms. The molecule has 1 aliphatic rings. The average Bonchev–Trinajstić information content (AvgIpc) is 2.63. The summed E-state index contributed by atoms with van der Waals surface area (Å²) in [5.41, 5.74) is 6.80. The van der Waals surface area contributed by atoms with Crippen molar-refractivity contribution in [1.29, 1.82) is 0 Å². The maximum Gasteiger partial charge on any atom is 0.198 e. The number of benzene rings is 2. The van der Waals surface area contributed by atoms with Crippen LogP contribution < -0.4 is 10.5 Å². The Bertz CT molecular complexity index is 874. The summed E-state index contributed by atoms with van der Waals surface area (Å²) in [6, 6.07) is 8.16. The number of carbonyl (C=O) groups excluding carboxylic acids is 2. The molecule has 0 radical (unpaired) electrons. The zero-order valence-electron chi connectivity index (χ0n) is 14.9. The van der Waals surface area contributed by atoms with Crippen LogP contribution >= 0.6 is 0 Å². The zero-order chi connectivity index (χ0) is 18.8. The number of phenols is 1. The monoisotopic (exact) mass is 354 g/mol. The van der Waals surface area contributed by atoms with Crippen molar-refractivity contribution < 1.29 is 19.4 Å². The molecular formula is C20H22N2O4. The van der Waals surface area contributed by atoms with E-state index in [0.717, 1.165) is 13.0 Å². The fourth-order valence-corrected chi connectivity index (χ4v) is 3.13. The SMILES string of the molecule is CN(C)CCCOc1cc(CN)c(O)c2c1C(=O)c1ccccc1C2=O. The molecule has 0 aromatic heterocycles. The van der Waals surface area contributed by atoms with E-state index >= 15 is 0 Å². The van der Waals surface area contributed by atoms with Crippen LogP contribution in [0.3, 0.4) is 0 Å². The summed E-state index contributed by atoms with van der Waals surface area (Å²) < 4.78 is 5.82. The largest absolute Gasteiger partial charge is 0.507 e. The van der Waals surface area contributed by atoms with Gasteiger partial charge in [0.25, 0.3) is 0 Å². The summed E-state index contributed by atoms with van der Waals surface area (Å²) in [7, 11) is 3.93. The molecule has 0 saturated carbocycles. The molecule has 0 fully saturated rings. The predicted octanol–water partition coefficient (Wildman–Crippen LogP) is 1.96. The van der Waals surface area contributed by atoms with Crippen LogP contribution in [0.5, 0.6) is 11.5 Å². The summed E-state index contributed by atoms with van der Waals surface area (Å²) >= 11 is 0. The molecule has 3 N–H and O–H groups in total. The van der Waals surface area contributed by atoms with E-state index in [9.17, 15) is 14.7 Å². The van der Waals surface area contributed by atoms with Crippen molar-refractivity contribution in [3.8, 4) is 11.5 Å². The van der Waals surface area contributed by atoms with Crippen LogP contribution in [0, 0.1) is 0 Å². The second kappa shape index (κ2) is 7.27. The highest BCUT2D eigenvalue weighted by Gasteiger charge is 2.35. The standard InChI is InChI=1S/C20H22N2O4/c1-22(2)8-5-9-26-15-10-12(11-21)18(23)17-16(15)19(24)13-6-3-4-7-14(13)20(17)25/h3-4,6-7,10,23H,5,8-9,11,21H2,1-2H3. The third kappa shape index (κ3) is 3.09. The zero-order valence-corrected chi connectivity index (χ0v) is 14.9. The summed E-state index contributed by atoms with van der Waals surface area (Å²) in [6.45, 7) is 1.26. The number of nitrogens with zero attached hydrogens (tertiary/aromatic N) is 1. The van der Waals surface area contributed by atoms with Gasteiger partial charge in [0, 0.05) is 29.8 Å². The molecule has 0 unspecified atom stereocenters. The lowest BCUT2D eigenvalue weighted by Gasteiger charge is -2.23. The first-order valence-corrected chi connectivity index (χ1v) is 8.50. The van der Waals surface area contributed by atoms with E-state index < -0.39 is 0 Å². The topological polar surface area (TPSA) is 92.9 Å². The molecule has 0 bridgehead atoms. The first-order chi connectivity index (χ1) is 12.5. The molecule has 0 spiro atoms. The molecule has 0 atom stereocenters. The molecule has 136 valence electrons. The maximum absolute atomic E-state index is 13.0. The van der Waals surface area contributed by atoms with E-state index in [-0.39, 0.29) is 40.6 Å². The molecule has 3 rings (SSSR count). The van der Waals surface area contributed by atoms with Crippen LogP contribution in [-0.2, 0) is 6.54 Å². The Labute approximate surface area is 152 Å². The van der Waals surface area contributed by atoms with Gasteiger partial charge in [-0.2, -0.15) is 0 Å². The molecule has 2 aromatic carbocycles. The lowest BCUT2D eigenvalue weighted by Crippen LogP contribution is -2.23. The Kier molecular flexibility index (Phi) is 5.06. The number of phenolic OH excluding ortho intramolecular Hbond substituents is 1. The molecule has 0 saturated heterocycles. The highest BCUT2D eigenvalue weighted by molar-refractivity contribution is 6.30. The molecule has 6 nitrogen and oxygen atoms in total. The minimum absolute atomic E-state index is 0.0146. The quantitative estimate of drug-likeness (QED) is 0.658. The number of hydrogen-bond donors (Lipinski definition) is 2. The molecule has 1 aliphatic carbocycles. The number of aromatic hydroxyl groups is 1. The number of nitrogens with two attached hydrogens (primary N) is 1. The second-order valence-corrected chi connectivity index (χ2v) is 6.55. The Hall–Kier alpha value is -2.70. The van der Waals surface area contributed by atoms with Crippen molar-refractivity contribution in [3.63, 3.8) is 0 Å². The number of rotatable bonds is 6. The Balaban J connectivity index is 2.07. The highest BCUT2D eigenvalue weighted by Crippen LogP contribution is 2.40. The summed E-state index contributed by atoms with van der Waals surface area (Å²) in [4.78, 5) is 27.9. The van der Waals surface area contributed by atoms with Crippen molar-refractivity contribution in [1.82, 2.24) is 4.90 Å². The van der Waals surface area contributed by atoms with Gasteiger partial charge >= 0.3 is 0 Å². The molecule has 6 heteroatoms. The van der Waals surface area contributed by atoms with Gasteiger partial charge in [-0.1, -0.05) is 24.3 Å². The van der Waals surface area contributed by atoms with Gasteiger partial charge < -0.3 is 20.5 Å². The van der Waals surface area contributed by atoms with Gasteiger partial charge in [0.05, 0.1) is 17.7 Å². The maximum atomic E-state index is 13.0. The van der Waals surface area contributed by atoms with Gasteiger partial charge in [0.1, 0.15) is 11.5 Å². The fourth-order valence-electron chi connectivity index (χ4n) is 3.13. The van der Waals surface area contributed by atoms with Crippen LogP contribution in [0.2, 0.25) is 0 Å². The van der Waals surface area contributed by atoms with E-state index in [4.69, 9.17) is 10.5 Å². The van der Waals surface area contributed by atoms with Crippen molar-refractivity contribution in [2.45, 2.75) is 13.0 Å². The Morgan fingerprint density at radius 1 is 1.08 bits per heavy atom. The third-order valence-electron chi connectivity index (χ3n) is 4.44. The lowest BCUT2D eigenvalue weighted by molar-refractivity contribution is 0.0972. The number of carbonyl (C=O) groups is 2. The van der Waals surface area contributed by atoms with Crippen molar-refractivity contribution in [3.05, 3.63) is 58.1 Å². The second-order valence-electron chi connectivity index (χ2n) is 6.55. The van der Waals surface area contributed by atoms with E-state index in [1.165, 1.54) is 0 Å². The van der Waals surface area contributed by atoms with Gasteiger partial charge in [0.2, 0.25) is 0 Å². The number of hydrogen-bond acceptors (Lipinski definition) is 6. The molecule has 2 aromatic rings. The van der Waals surface area contributed by atoms with E-state index in [0.29, 0.717) is 23.5 Å². The third-order valence-corrected chi connectivity index (χ3v) is 4.44. The van der Waals surface area contributed by atoms with Crippen molar-refractivity contribution >= 4 is 11.6 Å². The van der Waals surface area contributed by atoms with Crippen LogP contribution in [0.4, 0.5) is 0 Å². The van der Waals surface area contributed by atoms with E-state index in [1.54, 1.807) is 30.3 Å². The normalized spacial score (nSPS) is 12.9. The molecule has 0 aliphatic heterocycles. The lowest BCUT2D eigenvalue weighted by atomic mass is 9.82. The van der Waals surface area contributed by atoms with Crippen molar-refractivity contribution in [2.75, 3.05) is 27.2 Å². The fraction of sp³-hybridized carbons (Fsp3) is 0.300. The first kappa shape index (κ1) is 18.1.